The molecule has 1 atom stereocenters. The van der Waals surface area contributed by atoms with Crippen molar-refractivity contribution in [2.75, 3.05) is 10.6 Å². The van der Waals surface area contributed by atoms with Gasteiger partial charge in [0.2, 0.25) is 5.91 Å². The van der Waals surface area contributed by atoms with Crippen LogP contribution in [-0.4, -0.2) is 22.0 Å². The van der Waals surface area contributed by atoms with E-state index >= 15 is 0 Å². The Morgan fingerprint density at radius 3 is 2.54 bits per heavy atom. The fraction of sp³-hybridized carbons (Fsp3) is 0.148. The highest BCUT2D eigenvalue weighted by molar-refractivity contribution is 8.00. The molecule has 0 aliphatic heterocycles. The summed E-state index contributed by atoms with van der Waals surface area (Å²) < 4.78 is 0. The minimum Gasteiger partial charge on any atom is -0.322 e. The maximum absolute atomic E-state index is 13.0. The molecule has 0 fully saturated rings. The molecule has 35 heavy (non-hydrogen) atoms. The first-order valence-electron chi connectivity index (χ1n) is 11.1. The molecule has 4 aromatic rings. The van der Waals surface area contributed by atoms with Crippen molar-refractivity contribution in [3.05, 3.63) is 94.3 Å². The topological polar surface area (TPSA) is 71.1 Å². The fourth-order valence-corrected chi connectivity index (χ4v) is 5.29. The molecule has 0 aliphatic rings. The standard InChI is InChI=1S/C27H24ClN3O2S2/c1-3-24(26(33)31-27-30-23(16-34-27)18-11-13-19(28)14-12-18)35-21-9-6-8-20(15-21)29-25(32)22-10-5-4-7-17(22)2/h4-16,24H,3H2,1-2H3,(H,29,32)(H,30,31,33). The number of rotatable bonds is 8. The first kappa shape index (κ1) is 25.0. The van der Waals surface area contributed by atoms with Gasteiger partial charge in [-0.2, -0.15) is 0 Å². The Hall–Kier alpha value is -3.13. The van der Waals surface area contributed by atoms with E-state index in [1.54, 1.807) is 6.07 Å². The molecule has 0 aliphatic carbocycles. The average Bonchev–Trinajstić information content (AvgIpc) is 3.31. The summed E-state index contributed by atoms with van der Waals surface area (Å²) in [7, 11) is 0. The molecule has 5 nitrogen and oxygen atoms in total. The van der Waals surface area contributed by atoms with Crippen molar-refractivity contribution < 1.29 is 9.59 Å². The summed E-state index contributed by atoms with van der Waals surface area (Å²) in [5, 5.41) is 8.72. The van der Waals surface area contributed by atoms with Crippen LogP contribution in [0.2, 0.25) is 5.02 Å². The van der Waals surface area contributed by atoms with Crippen LogP contribution >= 0.6 is 34.7 Å². The number of aromatic nitrogens is 1. The van der Waals surface area contributed by atoms with Gasteiger partial charge in [-0.15, -0.1) is 23.1 Å². The molecule has 0 spiro atoms. The summed E-state index contributed by atoms with van der Waals surface area (Å²) in [6.07, 6.45) is 0.645. The number of aryl methyl sites for hydroxylation is 1. The second kappa shape index (κ2) is 11.5. The molecule has 2 amide bonds. The summed E-state index contributed by atoms with van der Waals surface area (Å²) in [6.45, 7) is 3.88. The molecule has 0 saturated carbocycles. The number of hydrogen-bond acceptors (Lipinski definition) is 5. The Kier molecular flexibility index (Phi) is 8.23. The Morgan fingerprint density at radius 2 is 1.80 bits per heavy atom. The van der Waals surface area contributed by atoms with Gasteiger partial charge in [0, 0.05) is 32.1 Å². The smallest absolute Gasteiger partial charge is 0.255 e. The quantitative estimate of drug-likeness (QED) is 0.235. The SMILES string of the molecule is CCC(Sc1cccc(NC(=O)c2ccccc2C)c1)C(=O)Nc1nc(-c2ccc(Cl)cc2)cs1. The van der Waals surface area contributed by atoms with Gasteiger partial charge < -0.3 is 10.6 Å². The highest BCUT2D eigenvalue weighted by Gasteiger charge is 2.20. The van der Waals surface area contributed by atoms with Crippen LogP contribution < -0.4 is 10.6 Å². The lowest BCUT2D eigenvalue weighted by molar-refractivity contribution is -0.115. The first-order valence-corrected chi connectivity index (χ1v) is 13.2. The van der Waals surface area contributed by atoms with Crippen LogP contribution in [-0.2, 0) is 4.79 Å². The average molecular weight is 522 g/mol. The summed E-state index contributed by atoms with van der Waals surface area (Å²) >= 11 is 8.81. The molecule has 178 valence electrons. The highest BCUT2D eigenvalue weighted by atomic mass is 35.5. The van der Waals surface area contributed by atoms with Gasteiger partial charge in [-0.3, -0.25) is 9.59 Å². The lowest BCUT2D eigenvalue weighted by Gasteiger charge is -2.14. The predicted molar refractivity (Wildman–Crippen MR) is 147 cm³/mol. The molecule has 1 heterocycles. The van der Waals surface area contributed by atoms with Crippen molar-refractivity contribution in [3.63, 3.8) is 0 Å². The molecule has 1 unspecified atom stereocenters. The molecular weight excluding hydrogens is 498 g/mol. The minimum atomic E-state index is -0.305. The maximum atomic E-state index is 13.0. The Bertz CT molecular complexity index is 1340. The summed E-state index contributed by atoms with van der Waals surface area (Å²) in [5.74, 6) is -0.265. The summed E-state index contributed by atoms with van der Waals surface area (Å²) in [6, 6.07) is 22.4. The van der Waals surface area contributed by atoms with Crippen LogP contribution in [0.3, 0.4) is 0 Å². The molecule has 0 bridgehead atoms. The largest absolute Gasteiger partial charge is 0.322 e. The van der Waals surface area contributed by atoms with Gasteiger partial charge >= 0.3 is 0 Å². The van der Waals surface area contributed by atoms with Crippen molar-refractivity contribution in [2.45, 2.75) is 30.4 Å². The zero-order chi connectivity index (χ0) is 24.8. The zero-order valence-electron chi connectivity index (χ0n) is 19.2. The van der Waals surface area contributed by atoms with Crippen LogP contribution in [0.25, 0.3) is 11.3 Å². The fourth-order valence-electron chi connectivity index (χ4n) is 3.43. The van der Waals surface area contributed by atoms with Crippen LogP contribution in [0.15, 0.2) is 83.1 Å². The zero-order valence-corrected chi connectivity index (χ0v) is 21.6. The number of hydrogen-bond donors (Lipinski definition) is 2. The number of carbonyl (C=O) groups excluding carboxylic acids is 2. The van der Waals surface area contributed by atoms with E-state index in [9.17, 15) is 9.59 Å². The van der Waals surface area contributed by atoms with Gasteiger partial charge in [0.25, 0.3) is 5.91 Å². The molecule has 0 radical (unpaired) electrons. The molecule has 1 aromatic heterocycles. The van der Waals surface area contributed by atoms with E-state index in [0.29, 0.717) is 27.8 Å². The summed E-state index contributed by atoms with van der Waals surface area (Å²) in [4.78, 5) is 31.1. The number of thioether (sulfide) groups is 1. The molecule has 4 rings (SSSR count). The van der Waals surface area contributed by atoms with Gasteiger partial charge in [0.05, 0.1) is 10.9 Å². The second-order valence-electron chi connectivity index (χ2n) is 7.85. The number of thiazole rings is 1. The van der Waals surface area contributed by atoms with Crippen LogP contribution in [0, 0.1) is 6.92 Å². The monoisotopic (exact) mass is 521 g/mol. The number of anilines is 2. The molecule has 3 aromatic carbocycles. The molecule has 0 saturated heterocycles. The lowest BCUT2D eigenvalue weighted by Crippen LogP contribution is -2.24. The van der Waals surface area contributed by atoms with Crippen molar-refractivity contribution in [1.29, 1.82) is 0 Å². The first-order chi connectivity index (χ1) is 16.9. The minimum absolute atomic E-state index is 0.108. The number of benzene rings is 3. The molecular formula is C27H24ClN3O2S2. The van der Waals surface area contributed by atoms with E-state index in [0.717, 1.165) is 21.7 Å². The second-order valence-corrected chi connectivity index (χ2v) is 10.4. The van der Waals surface area contributed by atoms with E-state index < -0.39 is 0 Å². The third-order valence-corrected chi connectivity index (χ3v) is 7.67. The lowest BCUT2D eigenvalue weighted by atomic mass is 10.1. The predicted octanol–water partition coefficient (Wildman–Crippen LogP) is 7.53. The van der Waals surface area contributed by atoms with Gasteiger partial charge in [0.15, 0.2) is 5.13 Å². The number of halogens is 1. The van der Waals surface area contributed by atoms with E-state index in [-0.39, 0.29) is 17.1 Å². The van der Waals surface area contributed by atoms with Crippen LogP contribution in [0.5, 0.6) is 0 Å². The van der Waals surface area contributed by atoms with Gasteiger partial charge in [-0.1, -0.05) is 54.9 Å². The highest BCUT2D eigenvalue weighted by Crippen LogP contribution is 2.30. The van der Waals surface area contributed by atoms with Gasteiger partial charge in [-0.25, -0.2) is 4.98 Å². The van der Waals surface area contributed by atoms with Crippen molar-refractivity contribution >= 4 is 57.3 Å². The third kappa shape index (κ3) is 6.51. The van der Waals surface area contributed by atoms with E-state index in [2.05, 4.69) is 15.6 Å². The number of carbonyl (C=O) groups is 2. The van der Waals surface area contributed by atoms with Gasteiger partial charge in [-0.05, 0) is 55.3 Å². The van der Waals surface area contributed by atoms with Crippen LogP contribution in [0.4, 0.5) is 10.8 Å². The number of nitrogens with one attached hydrogen (secondary N) is 2. The molecule has 8 heteroatoms. The van der Waals surface area contributed by atoms with Crippen molar-refractivity contribution in [2.24, 2.45) is 0 Å². The van der Waals surface area contributed by atoms with Crippen molar-refractivity contribution in [1.82, 2.24) is 4.98 Å². The van der Waals surface area contributed by atoms with Crippen molar-refractivity contribution in [3.8, 4) is 11.3 Å². The van der Waals surface area contributed by atoms with E-state index in [4.69, 9.17) is 11.6 Å². The number of nitrogens with zero attached hydrogens (tertiary/aromatic N) is 1. The number of amides is 2. The Morgan fingerprint density at radius 1 is 1.03 bits per heavy atom. The molecule has 2 N–H and O–H groups in total. The normalized spacial score (nSPS) is 11.6. The maximum Gasteiger partial charge on any atom is 0.255 e. The Balaban J connectivity index is 1.40. The van der Waals surface area contributed by atoms with Crippen LogP contribution in [0.1, 0.15) is 29.3 Å². The summed E-state index contributed by atoms with van der Waals surface area (Å²) in [5.41, 5.74) is 3.97. The van der Waals surface area contributed by atoms with Gasteiger partial charge in [0.1, 0.15) is 0 Å². The Labute approximate surface area is 218 Å². The van der Waals surface area contributed by atoms with E-state index in [1.165, 1.54) is 23.1 Å². The van der Waals surface area contributed by atoms with E-state index in [1.807, 2.05) is 86.0 Å². The third-order valence-electron chi connectivity index (χ3n) is 5.30.